The Kier molecular flexibility index (Phi) is 3.78. The summed E-state index contributed by atoms with van der Waals surface area (Å²) in [6.45, 7) is 4.37. The standard InChI is InChI=1S/C13H21N3/c1-3-8-14-13-7-6-11(10-15-13)12-5-4-9-16(12)2/h6-7,10,12H,3-5,8-9H2,1-2H3,(H,14,15)/t12-/m1/s1. The van der Waals surface area contributed by atoms with E-state index in [2.05, 4.69) is 41.3 Å². The zero-order chi connectivity index (χ0) is 11.4. The van der Waals surface area contributed by atoms with Crippen molar-refractivity contribution in [2.24, 2.45) is 0 Å². The molecule has 3 nitrogen and oxygen atoms in total. The fourth-order valence-electron chi connectivity index (χ4n) is 2.29. The smallest absolute Gasteiger partial charge is 0.125 e. The largest absolute Gasteiger partial charge is 0.370 e. The number of anilines is 1. The van der Waals surface area contributed by atoms with Crippen LogP contribution in [-0.4, -0.2) is 30.0 Å². The molecule has 1 aliphatic heterocycles. The van der Waals surface area contributed by atoms with E-state index in [0.717, 1.165) is 18.8 Å². The molecule has 1 aromatic heterocycles. The summed E-state index contributed by atoms with van der Waals surface area (Å²) in [6.07, 6.45) is 5.72. The Balaban J connectivity index is 2.01. The van der Waals surface area contributed by atoms with Gasteiger partial charge in [-0.2, -0.15) is 0 Å². The van der Waals surface area contributed by atoms with Crippen LogP contribution < -0.4 is 5.32 Å². The number of nitrogens with one attached hydrogen (secondary N) is 1. The van der Waals surface area contributed by atoms with Crippen molar-refractivity contribution in [3.63, 3.8) is 0 Å². The van der Waals surface area contributed by atoms with Gasteiger partial charge in [0.05, 0.1) is 0 Å². The van der Waals surface area contributed by atoms with Crippen LogP contribution in [0.2, 0.25) is 0 Å². The van der Waals surface area contributed by atoms with Crippen molar-refractivity contribution in [3.8, 4) is 0 Å². The molecule has 1 atom stereocenters. The lowest BCUT2D eigenvalue weighted by atomic mass is 10.1. The van der Waals surface area contributed by atoms with E-state index in [1.165, 1.54) is 24.9 Å². The topological polar surface area (TPSA) is 28.2 Å². The number of hydrogen-bond donors (Lipinski definition) is 1. The summed E-state index contributed by atoms with van der Waals surface area (Å²) in [7, 11) is 2.20. The monoisotopic (exact) mass is 219 g/mol. The second-order valence-electron chi connectivity index (χ2n) is 4.54. The normalized spacial score (nSPS) is 21.2. The van der Waals surface area contributed by atoms with Gasteiger partial charge in [-0.05, 0) is 44.5 Å². The van der Waals surface area contributed by atoms with Crippen molar-refractivity contribution >= 4 is 5.82 Å². The Morgan fingerprint density at radius 1 is 1.50 bits per heavy atom. The summed E-state index contributed by atoms with van der Waals surface area (Å²) in [6, 6.07) is 4.88. The highest BCUT2D eigenvalue weighted by Gasteiger charge is 2.22. The molecule has 0 aliphatic carbocycles. The lowest BCUT2D eigenvalue weighted by Crippen LogP contribution is -2.17. The fraction of sp³-hybridized carbons (Fsp3) is 0.615. The lowest BCUT2D eigenvalue weighted by molar-refractivity contribution is 0.317. The van der Waals surface area contributed by atoms with Gasteiger partial charge in [-0.15, -0.1) is 0 Å². The molecule has 0 unspecified atom stereocenters. The average Bonchev–Trinajstić information content (AvgIpc) is 2.74. The number of rotatable bonds is 4. The second kappa shape index (κ2) is 5.30. The highest BCUT2D eigenvalue weighted by atomic mass is 15.1. The molecule has 2 heterocycles. The van der Waals surface area contributed by atoms with Crippen molar-refractivity contribution in [3.05, 3.63) is 23.9 Å². The van der Waals surface area contributed by atoms with Gasteiger partial charge in [0, 0.05) is 18.8 Å². The van der Waals surface area contributed by atoms with Crippen molar-refractivity contribution in [1.82, 2.24) is 9.88 Å². The molecule has 3 heteroatoms. The molecular weight excluding hydrogens is 198 g/mol. The van der Waals surface area contributed by atoms with Gasteiger partial charge in [-0.1, -0.05) is 13.0 Å². The molecule has 88 valence electrons. The SMILES string of the molecule is CCCNc1ccc([C@H]2CCCN2C)cn1. The minimum atomic E-state index is 0.577. The zero-order valence-electron chi connectivity index (χ0n) is 10.2. The Labute approximate surface area is 97.9 Å². The molecule has 0 spiro atoms. The molecule has 1 saturated heterocycles. The van der Waals surface area contributed by atoms with Crippen LogP contribution in [0.4, 0.5) is 5.82 Å². The summed E-state index contributed by atoms with van der Waals surface area (Å²) >= 11 is 0. The molecule has 0 saturated carbocycles. The summed E-state index contributed by atoms with van der Waals surface area (Å²) in [4.78, 5) is 6.87. The average molecular weight is 219 g/mol. The number of pyridine rings is 1. The number of nitrogens with zero attached hydrogens (tertiary/aromatic N) is 2. The van der Waals surface area contributed by atoms with E-state index in [1.807, 2.05) is 6.20 Å². The predicted molar refractivity (Wildman–Crippen MR) is 67.6 cm³/mol. The van der Waals surface area contributed by atoms with Gasteiger partial charge in [0.1, 0.15) is 5.82 Å². The van der Waals surface area contributed by atoms with Gasteiger partial charge in [0.25, 0.3) is 0 Å². The van der Waals surface area contributed by atoms with Crippen molar-refractivity contribution in [2.75, 3.05) is 25.5 Å². The molecule has 0 aromatic carbocycles. The Hall–Kier alpha value is -1.09. The summed E-state index contributed by atoms with van der Waals surface area (Å²) in [5.41, 5.74) is 1.35. The molecule has 2 rings (SSSR count). The summed E-state index contributed by atoms with van der Waals surface area (Å²) in [5, 5.41) is 3.30. The van der Waals surface area contributed by atoms with Gasteiger partial charge in [0.2, 0.25) is 0 Å². The number of aromatic nitrogens is 1. The predicted octanol–water partition coefficient (Wildman–Crippen LogP) is 2.67. The van der Waals surface area contributed by atoms with Gasteiger partial charge in [0.15, 0.2) is 0 Å². The van der Waals surface area contributed by atoms with Crippen molar-refractivity contribution in [1.29, 1.82) is 0 Å². The molecule has 1 fully saturated rings. The van der Waals surface area contributed by atoms with Crippen molar-refractivity contribution in [2.45, 2.75) is 32.2 Å². The third-order valence-corrected chi connectivity index (χ3v) is 3.25. The Morgan fingerprint density at radius 3 is 2.94 bits per heavy atom. The third kappa shape index (κ3) is 2.53. The first-order valence-corrected chi connectivity index (χ1v) is 6.21. The highest BCUT2D eigenvalue weighted by molar-refractivity contribution is 5.36. The second-order valence-corrected chi connectivity index (χ2v) is 4.54. The lowest BCUT2D eigenvalue weighted by Gasteiger charge is -2.19. The van der Waals surface area contributed by atoms with Crippen LogP contribution in [0.25, 0.3) is 0 Å². The van der Waals surface area contributed by atoms with E-state index < -0.39 is 0 Å². The molecule has 0 radical (unpaired) electrons. The maximum atomic E-state index is 4.46. The molecule has 16 heavy (non-hydrogen) atoms. The Bertz CT molecular complexity index is 320. The van der Waals surface area contributed by atoms with E-state index in [4.69, 9.17) is 0 Å². The first-order valence-electron chi connectivity index (χ1n) is 6.21. The van der Waals surface area contributed by atoms with Crippen LogP contribution in [0.3, 0.4) is 0 Å². The van der Waals surface area contributed by atoms with Crippen molar-refractivity contribution < 1.29 is 0 Å². The first kappa shape index (κ1) is 11.4. The highest BCUT2D eigenvalue weighted by Crippen LogP contribution is 2.29. The van der Waals surface area contributed by atoms with E-state index in [-0.39, 0.29) is 0 Å². The van der Waals surface area contributed by atoms with Crippen LogP contribution >= 0.6 is 0 Å². The van der Waals surface area contributed by atoms with E-state index >= 15 is 0 Å². The molecule has 1 N–H and O–H groups in total. The third-order valence-electron chi connectivity index (χ3n) is 3.25. The van der Waals surface area contributed by atoms with Crippen LogP contribution in [0.1, 0.15) is 37.8 Å². The van der Waals surface area contributed by atoms with Gasteiger partial charge in [-0.3, -0.25) is 4.90 Å². The van der Waals surface area contributed by atoms with Gasteiger partial charge < -0.3 is 5.32 Å². The zero-order valence-corrected chi connectivity index (χ0v) is 10.2. The van der Waals surface area contributed by atoms with Crippen LogP contribution in [0.15, 0.2) is 18.3 Å². The summed E-state index contributed by atoms with van der Waals surface area (Å²) < 4.78 is 0. The Morgan fingerprint density at radius 2 is 2.38 bits per heavy atom. The maximum absolute atomic E-state index is 4.46. The molecule has 0 bridgehead atoms. The fourth-order valence-corrected chi connectivity index (χ4v) is 2.29. The molecule has 1 aliphatic rings. The molecule has 1 aromatic rings. The minimum Gasteiger partial charge on any atom is -0.370 e. The molecule has 0 amide bonds. The number of likely N-dealkylation sites (tertiary alicyclic amines) is 1. The van der Waals surface area contributed by atoms with E-state index in [1.54, 1.807) is 0 Å². The first-order chi connectivity index (χ1) is 7.81. The van der Waals surface area contributed by atoms with Crippen LogP contribution in [0.5, 0.6) is 0 Å². The minimum absolute atomic E-state index is 0.577. The maximum Gasteiger partial charge on any atom is 0.125 e. The van der Waals surface area contributed by atoms with E-state index in [0.29, 0.717) is 6.04 Å². The van der Waals surface area contributed by atoms with Gasteiger partial charge >= 0.3 is 0 Å². The number of hydrogen-bond acceptors (Lipinski definition) is 3. The van der Waals surface area contributed by atoms with Gasteiger partial charge in [-0.25, -0.2) is 4.98 Å². The summed E-state index contributed by atoms with van der Waals surface area (Å²) in [5.74, 6) is 0.992. The molecular formula is C13H21N3. The quantitative estimate of drug-likeness (QED) is 0.844. The van der Waals surface area contributed by atoms with Crippen LogP contribution in [0, 0.1) is 0 Å². The van der Waals surface area contributed by atoms with Crippen LogP contribution in [-0.2, 0) is 0 Å². The van der Waals surface area contributed by atoms with E-state index in [9.17, 15) is 0 Å².